The van der Waals surface area contributed by atoms with Gasteiger partial charge in [-0.1, -0.05) is 48.5 Å². The zero-order chi connectivity index (χ0) is 27.5. The first-order valence-corrected chi connectivity index (χ1v) is 13.6. The monoisotopic (exact) mass is 541 g/mol. The Morgan fingerprint density at radius 2 is 1.51 bits per heavy atom. The summed E-state index contributed by atoms with van der Waals surface area (Å²) in [6, 6.07) is 15.7. The number of carbonyl (C=O) groups excluding carboxylic acids is 2. The minimum atomic E-state index is -0.521. The van der Waals surface area contributed by atoms with E-state index in [0.29, 0.717) is 25.8 Å². The molecule has 10 nitrogen and oxygen atoms in total. The molecule has 212 valence electrons. The number of amides is 2. The molecule has 0 aliphatic carbocycles. The third-order valence-electron chi connectivity index (χ3n) is 7.10. The topological polar surface area (TPSA) is 130 Å². The Balaban J connectivity index is 1.34. The number of hydrogen-bond acceptors (Lipinski definition) is 8. The van der Waals surface area contributed by atoms with E-state index in [2.05, 4.69) is 10.2 Å². The summed E-state index contributed by atoms with van der Waals surface area (Å²) in [5.41, 5.74) is 5.39. The Morgan fingerprint density at radius 3 is 2.18 bits per heavy atom. The third-order valence-corrected chi connectivity index (χ3v) is 7.10. The zero-order valence-electron chi connectivity index (χ0n) is 22.2. The van der Waals surface area contributed by atoms with Crippen molar-refractivity contribution in [3.8, 4) is 0 Å². The summed E-state index contributed by atoms with van der Waals surface area (Å²) in [6.07, 6.45) is 1.70. The van der Waals surface area contributed by atoms with Crippen molar-refractivity contribution in [3.63, 3.8) is 0 Å². The number of ether oxygens (including phenoxy) is 3. The van der Waals surface area contributed by atoms with Crippen LogP contribution in [0.25, 0.3) is 0 Å². The summed E-state index contributed by atoms with van der Waals surface area (Å²) in [6.45, 7) is 4.47. The van der Waals surface area contributed by atoms with Gasteiger partial charge in [0.25, 0.3) is 0 Å². The lowest BCUT2D eigenvalue weighted by Gasteiger charge is -2.39. The molecule has 2 fully saturated rings. The minimum Gasteiger partial charge on any atom is -0.392 e. The van der Waals surface area contributed by atoms with Crippen LogP contribution in [0, 0.1) is 0 Å². The molecular weight excluding hydrogens is 502 g/mol. The van der Waals surface area contributed by atoms with E-state index in [1.54, 1.807) is 5.48 Å². The van der Waals surface area contributed by atoms with Crippen molar-refractivity contribution >= 4 is 11.8 Å². The molecule has 0 saturated carbocycles. The van der Waals surface area contributed by atoms with Crippen molar-refractivity contribution in [2.45, 2.75) is 63.8 Å². The van der Waals surface area contributed by atoms with E-state index in [1.807, 2.05) is 48.5 Å². The number of carbonyl (C=O) groups is 2. The van der Waals surface area contributed by atoms with Crippen LogP contribution in [-0.4, -0.2) is 66.0 Å². The third kappa shape index (κ3) is 9.10. The zero-order valence-corrected chi connectivity index (χ0v) is 22.2. The molecule has 0 aromatic heterocycles. The van der Waals surface area contributed by atoms with Crippen LogP contribution in [0.4, 0.5) is 0 Å². The standard InChI is InChI=1S/C29H39N3O7/c33-20-22-7-9-23(10-8-22)26-17-25(19-32-13-15-37-16-14-32)38-29(39-26)24-11-5-21(6-12-24)18-30-27(34)3-1-2-4-28(35)31-36/h5-12,25-26,29,33,36H,1-4,13-20H2,(H,30,34)(H,31,35)/t25-,26+,29+/m0/s1. The first-order chi connectivity index (χ1) is 19.0. The predicted molar refractivity (Wildman–Crippen MR) is 142 cm³/mol. The molecule has 4 N–H and O–H groups in total. The van der Waals surface area contributed by atoms with Crippen LogP contribution in [0.15, 0.2) is 48.5 Å². The molecule has 2 aromatic rings. The number of hydroxylamine groups is 1. The second-order valence-corrected chi connectivity index (χ2v) is 10.0. The minimum absolute atomic E-state index is 0.00729. The van der Waals surface area contributed by atoms with E-state index in [-0.39, 0.29) is 31.1 Å². The average Bonchev–Trinajstić information content (AvgIpc) is 2.98. The summed E-state index contributed by atoms with van der Waals surface area (Å²) in [7, 11) is 0. The molecule has 2 amide bonds. The molecule has 39 heavy (non-hydrogen) atoms. The van der Waals surface area contributed by atoms with Crippen LogP contribution in [0.5, 0.6) is 0 Å². The Bertz CT molecular complexity index is 1040. The van der Waals surface area contributed by atoms with E-state index in [1.165, 1.54) is 0 Å². The predicted octanol–water partition coefficient (Wildman–Crippen LogP) is 2.74. The van der Waals surface area contributed by atoms with E-state index in [9.17, 15) is 14.7 Å². The van der Waals surface area contributed by atoms with Crippen molar-refractivity contribution in [2.24, 2.45) is 0 Å². The highest BCUT2D eigenvalue weighted by Crippen LogP contribution is 2.38. The second-order valence-electron chi connectivity index (χ2n) is 10.0. The molecule has 2 aliphatic rings. The van der Waals surface area contributed by atoms with Crippen LogP contribution < -0.4 is 10.8 Å². The molecule has 2 aliphatic heterocycles. The lowest BCUT2D eigenvalue weighted by atomic mass is 9.99. The highest BCUT2D eigenvalue weighted by molar-refractivity contribution is 5.76. The van der Waals surface area contributed by atoms with Crippen LogP contribution in [0.1, 0.15) is 66.8 Å². The molecule has 2 saturated heterocycles. The number of morpholine rings is 1. The maximum atomic E-state index is 12.1. The number of aliphatic hydroxyl groups is 1. The fourth-order valence-corrected chi connectivity index (χ4v) is 4.81. The summed E-state index contributed by atoms with van der Waals surface area (Å²) < 4.78 is 18.4. The van der Waals surface area contributed by atoms with Crippen LogP contribution in [0.2, 0.25) is 0 Å². The van der Waals surface area contributed by atoms with Gasteiger partial charge in [-0.05, 0) is 29.5 Å². The van der Waals surface area contributed by atoms with Crippen molar-refractivity contribution in [1.29, 1.82) is 0 Å². The molecule has 2 aromatic carbocycles. The lowest BCUT2D eigenvalue weighted by molar-refractivity contribution is -0.253. The van der Waals surface area contributed by atoms with Crippen LogP contribution >= 0.6 is 0 Å². The van der Waals surface area contributed by atoms with Crippen LogP contribution in [-0.2, 0) is 37.0 Å². The van der Waals surface area contributed by atoms with Crippen molar-refractivity contribution in [3.05, 3.63) is 70.8 Å². The van der Waals surface area contributed by atoms with E-state index in [4.69, 9.17) is 19.4 Å². The normalized spacial score (nSPS) is 21.8. The Morgan fingerprint density at radius 1 is 0.872 bits per heavy atom. The van der Waals surface area contributed by atoms with Gasteiger partial charge < -0.3 is 24.6 Å². The second kappa shape index (κ2) is 15.1. The highest BCUT2D eigenvalue weighted by atomic mass is 16.7. The SMILES string of the molecule is O=C(CCCCC(=O)NCc1ccc([C@@H]2O[C@H](CN3CCOCC3)C[C@H](c3ccc(CO)cc3)O2)cc1)NO. The summed E-state index contributed by atoms with van der Waals surface area (Å²) in [5.74, 6) is -0.525. The molecule has 4 rings (SSSR count). The fraction of sp³-hybridized carbons (Fsp3) is 0.517. The largest absolute Gasteiger partial charge is 0.392 e. The van der Waals surface area contributed by atoms with Crippen molar-refractivity contribution in [1.82, 2.24) is 15.7 Å². The molecule has 2 heterocycles. The first kappa shape index (κ1) is 29.1. The van der Waals surface area contributed by atoms with Gasteiger partial charge in [-0.25, -0.2) is 5.48 Å². The smallest absolute Gasteiger partial charge is 0.243 e. The van der Waals surface area contributed by atoms with Crippen molar-refractivity contribution in [2.75, 3.05) is 32.8 Å². The van der Waals surface area contributed by atoms with E-state index in [0.717, 1.165) is 61.5 Å². The molecular formula is C29H39N3O7. The number of aliphatic hydroxyl groups excluding tert-OH is 1. The fourth-order valence-electron chi connectivity index (χ4n) is 4.81. The molecule has 0 spiro atoms. The van der Waals surface area contributed by atoms with E-state index >= 15 is 0 Å². The quantitative estimate of drug-likeness (QED) is 0.183. The van der Waals surface area contributed by atoms with Gasteiger partial charge in [0.05, 0.1) is 32.0 Å². The number of unbranched alkanes of at least 4 members (excludes halogenated alkanes) is 1. The average molecular weight is 542 g/mol. The Labute approximate surface area is 229 Å². The summed E-state index contributed by atoms with van der Waals surface area (Å²) >= 11 is 0. The lowest BCUT2D eigenvalue weighted by Crippen LogP contribution is -2.44. The number of rotatable bonds is 12. The number of nitrogens with one attached hydrogen (secondary N) is 2. The van der Waals surface area contributed by atoms with Gasteiger partial charge in [-0.2, -0.15) is 0 Å². The highest BCUT2D eigenvalue weighted by Gasteiger charge is 2.33. The van der Waals surface area contributed by atoms with Crippen LogP contribution in [0.3, 0.4) is 0 Å². The maximum absolute atomic E-state index is 12.1. The maximum Gasteiger partial charge on any atom is 0.243 e. The number of nitrogens with zero attached hydrogens (tertiary/aromatic N) is 1. The number of hydrogen-bond donors (Lipinski definition) is 4. The molecule has 10 heteroatoms. The summed E-state index contributed by atoms with van der Waals surface area (Å²) in [5, 5.41) is 20.8. The molecule has 0 radical (unpaired) electrons. The van der Waals surface area contributed by atoms with Gasteiger partial charge in [0.1, 0.15) is 0 Å². The van der Waals surface area contributed by atoms with Gasteiger partial charge in [0.2, 0.25) is 11.8 Å². The first-order valence-electron chi connectivity index (χ1n) is 13.6. The van der Waals surface area contributed by atoms with Gasteiger partial charge in [-0.3, -0.25) is 19.7 Å². The Kier molecular flexibility index (Phi) is 11.3. The molecule has 0 bridgehead atoms. The van der Waals surface area contributed by atoms with Gasteiger partial charge in [0, 0.05) is 51.0 Å². The molecule has 3 atom stereocenters. The van der Waals surface area contributed by atoms with Gasteiger partial charge in [0.15, 0.2) is 6.29 Å². The van der Waals surface area contributed by atoms with Gasteiger partial charge in [-0.15, -0.1) is 0 Å². The van der Waals surface area contributed by atoms with Crippen molar-refractivity contribution < 1.29 is 34.1 Å². The Hall–Kier alpha value is -2.86. The molecule has 0 unspecified atom stereocenters. The van der Waals surface area contributed by atoms with E-state index < -0.39 is 12.2 Å². The summed E-state index contributed by atoms with van der Waals surface area (Å²) in [4.78, 5) is 25.5. The number of benzene rings is 2. The van der Waals surface area contributed by atoms with Gasteiger partial charge >= 0.3 is 0 Å².